The third-order valence-corrected chi connectivity index (χ3v) is 8.44. The lowest BCUT2D eigenvalue weighted by molar-refractivity contribution is -0.116. The Balaban J connectivity index is 1.07. The molecule has 2 N–H and O–H groups in total. The highest BCUT2D eigenvalue weighted by Crippen LogP contribution is 2.36. The van der Waals surface area contributed by atoms with E-state index < -0.39 is 0 Å². The fourth-order valence-electron chi connectivity index (χ4n) is 5.80. The second-order valence-electron chi connectivity index (χ2n) is 11.5. The number of carbonyl (C=O) groups is 1. The molecule has 0 radical (unpaired) electrons. The number of carbonyl (C=O) groups excluding carboxylic acids is 1. The summed E-state index contributed by atoms with van der Waals surface area (Å²) in [5, 5.41) is 7.46. The van der Waals surface area contributed by atoms with Gasteiger partial charge in [0.15, 0.2) is 0 Å². The number of fused-ring (bicyclic) bond motifs is 2. The summed E-state index contributed by atoms with van der Waals surface area (Å²) in [5.41, 5.74) is 2.65. The van der Waals surface area contributed by atoms with Crippen molar-refractivity contribution < 1.29 is 28.5 Å². The Morgan fingerprint density at radius 3 is 2.66 bits per heavy atom. The van der Waals surface area contributed by atoms with Gasteiger partial charge in [0, 0.05) is 55.5 Å². The van der Waals surface area contributed by atoms with Gasteiger partial charge in [-0.3, -0.25) is 14.7 Å². The van der Waals surface area contributed by atoms with Crippen LogP contribution in [0.4, 0.5) is 17.2 Å². The van der Waals surface area contributed by atoms with Crippen LogP contribution < -0.4 is 20.1 Å². The number of rotatable bonds is 11. The number of pyridine rings is 1. The van der Waals surface area contributed by atoms with E-state index in [4.69, 9.17) is 35.3 Å². The number of nitrogens with one attached hydrogen (secondary N) is 2. The first-order valence-corrected chi connectivity index (χ1v) is 16.0. The number of nitrogens with zero attached hydrogens (tertiary/aromatic N) is 4. The van der Waals surface area contributed by atoms with Crippen LogP contribution in [0, 0.1) is 0 Å². The Kier molecular flexibility index (Phi) is 9.73. The predicted octanol–water partition coefficient (Wildman–Crippen LogP) is 4.76. The number of anilines is 3. The highest BCUT2D eigenvalue weighted by molar-refractivity contribution is 6.32. The van der Waals surface area contributed by atoms with Crippen molar-refractivity contribution in [2.24, 2.45) is 0 Å². The number of amides is 1. The molecule has 3 aliphatic heterocycles. The summed E-state index contributed by atoms with van der Waals surface area (Å²) >= 11 is 6.57. The first-order chi connectivity index (χ1) is 23.1. The van der Waals surface area contributed by atoms with E-state index >= 15 is 0 Å². The quantitative estimate of drug-likeness (QED) is 0.216. The maximum atomic E-state index is 13.1. The Bertz CT molecular complexity index is 1720. The molecule has 3 fully saturated rings. The second-order valence-corrected chi connectivity index (χ2v) is 11.9. The van der Waals surface area contributed by atoms with E-state index in [2.05, 4.69) is 30.5 Å². The molecule has 0 bridgehead atoms. The maximum Gasteiger partial charge on any atom is 0.248 e. The number of aromatic nitrogens is 3. The molecule has 13 heteroatoms. The second kappa shape index (κ2) is 14.6. The molecule has 12 nitrogen and oxygen atoms in total. The van der Waals surface area contributed by atoms with Crippen molar-refractivity contribution >= 4 is 45.6 Å². The largest absolute Gasteiger partial charge is 0.486 e. The minimum Gasteiger partial charge on any atom is -0.486 e. The third-order valence-electron chi connectivity index (χ3n) is 8.14. The smallest absolute Gasteiger partial charge is 0.248 e. The minimum atomic E-state index is -0.277. The Morgan fingerprint density at radius 2 is 1.89 bits per heavy atom. The van der Waals surface area contributed by atoms with Gasteiger partial charge in [0.25, 0.3) is 0 Å². The lowest BCUT2D eigenvalue weighted by atomic mass is 10.1. The lowest BCUT2D eigenvalue weighted by Crippen LogP contribution is -2.36. The van der Waals surface area contributed by atoms with Crippen molar-refractivity contribution in [1.29, 1.82) is 0 Å². The van der Waals surface area contributed by atoms with Crippen molar-refractivity contribution in [3.8, 4) is 11.5 Å². The molecule has 3 saturated heterocycles. The van der Waals surface area contributed by atoms with E-state index in [9.17, 15) is 4.79 Å². The highest BCUT2D eigenvalue weighted by Gasteiger charge is 2.35. The molecule has 244 valence electrons. The van der Waals surface area contributed by atoms with Crippen molar-refractivity contribution in [3.63, 3.8) is 0 Å². The first-order valence-electron chi connectivity index (χ1n) is 15.6. The summed E-state index contributed by atoms with van der Waals surface area (Å²) in [6.07, 6.45) is 7.40. The van der Waals surface area contributed by atoms with Crippen LogP contribution in [-0.4, -0.2) is 90.1 Å². The molecule has 0 saturated carbocycles. The summed E-state index contributed by atoms with van der Waals surface area (Å²) in [7, 11) is 0. The summed E-state index contributed by atoms with van der Waals surface area (Å²) < 4.78 is 29.3. The normalized spacial score (nSPS) is 21.2. The van der Waals surface area contributed by atoms with Crippen LogP contribution >= 0.6 is 11.6 Å². The molecule has 7 rings (SSSR count). The number of benzene rings is 2. The molecular weight excluding hydrogens is 624 g/mol. The molecule has 0 aliphatic carbocycles. The van der Waals surface area contributed by atoms with Gasteiger partial charge in [-0.1, -0.05) is 23.7 Å². The van der Waals surface area contributed by atoms with Gasteiger partial charge in [-0.25, -0.2) is 9.97 Å². The van der Waals surface area contributed by atoms with Gasteiger partial charge >= 0.3 is 0 Å². The molecule has 47 heavy (non-hydrogen) atoms. The molecule has 3 aliphatic rings. The zero-order valence-electron chi connectivity index (χ0n) is 25.6. The molecule has 3 atom stereocenters. The molecule has 1 amide bonds. The van der Waals surface area contributed by atoms with Gasteiger partial charge in [0.2, 0.25) is 5.91 Å². The van der Waals surface area contributed by atoms with Crippen LogP contribution in [0.5, 0.6) is 11.5 Å². The topological polar surface area (TPSA) is 129 Å². The highest BCUT2D eigenvalue weighted by atomic mass is 35.5. The molecule has 0 unspecified atom stereocenters. The minimum absolute atomic E-state index is 0.0901. The van der Waals surface area contributed by atoms with Crippen LogP contribution in [0.3, 0.4) is 0 Å². The van der Waals surface area contributed by atoms with Gasteiger partial charge in [-0.2, -0.15) is 0 Å². The van der Waals surface area contributed by atoms with Crippen LogP contribution in [0.15, 0.2) is 73.2 Å². The number of ether oxygens (including phenoxy) is 5. The average Bonchev–Trinajstić information content (AvgIpc) is 3.75. The van der Waals surface area contributed by atoms with Gasteiger partial charge < -0.3 is 34.3 Å². The zero-order valence-corrected chi connectivity index (χ0v) is 26.4. The molecule has 4 aromatic rings. The van der Waals surface area contributed by atoms with Crippen molar-refractivity contribution in [1.82, 2.24) is 19.9 Å². The van der Waals surface area contributed by atoms with E-state index in [0.29, 0.717) is 84.2 Å². The molecular formula is C34H35ClN6O6. The monoisotopic (exact) mass is 658 g/mol. The van der Waals surface area contributed by atoms with Crippen molar-refractivity contribution in [2.75, 3.05) is 56.7 Å². The van der Waals surface area contributed by atoms with Crippen molar-refractivity contribution in [3.05, 3.63) is 83.9 Å². The molecule has 2 aromatic heterocycles. The summed E-state index contributed by atoms with van der Waals surface area (Å²) in [4.78, 5) is 28.6. The lowest BCUT2D eigenvalue weighted by Gasteiger charge is -2.24. The van der Waals surface area contributed by atoms with Crippen LogP contribution in [0.1, 0.15) is 12.1 Å². The van der Waals surface area contributed by atoms with E-state index in [1.54, 1.807) is 18.3 Å². The molecule has 0 spiro atoms. The van der Waals surface area contributed by atoms with Crippen LogP contribution in [-0.2, 0) is 25.6 Å². The number of halogens is 1. The molecule has 5 heterocycles. The molecule has 2 aromatic carbocycles. The zero-order chi connectivity index (χ0) is 32.0. The van der Waals surface area contributed by atoms with Gasteiger partial charge in [-0.05, 0) is 36.4 Å². The van der Waals surface area contributed by atoms with Gasteiger partial charge in [0.1, 0.15) is 36.4 Å². The van der Waals surface area contributed by atoms with Crippen LogP contribution in [0.2, 0.25) is 5.02 Å². The maximum absolute atomic E-state index is 13.1. The summed E-state index contributed by atoms with van der Waals surface area (Å²) in [5.74, 6) is 1.31. The summed E-state index contributed by atoms with van der Waals surface area (Å²) in [6.45, 7) is 4.84. The van der Waals surface area contributed by atoms with E-state index in [-0.39, 0.29) is 24.2 Å². The number of hydrogen-bond donors (Lipinski definition) is 2. The van der Waals surface area contributed by atoms with E-state index in [0.717, 1.165) is 25.2 Å². The van der Waals surface area contributed by atoms with Crippen molar-refractivity contribution in [2.45, 2.75) is 31.3 Å². The summed E-state index contributed by atoms with van der Waals surface area (Å²) in [6, 6.07) is 14.7. The fraction of sp³-hybridized carbons (Fsp3) is 0.353. The van der Waals surface area contributed by atoms with E-state index in [1.165, 1.54) is 12.4 Å². The number of likely N-dealkylation sites (tertiary alicyclic amines) is 1. The fourth-order valence-corrected chi connectivity index (χ4v) is 6.04. The Labute approximate surface area is 277 Å². The first kappa shape index (κ1) is 31.3. The number of hydrogen-bond acceptors (Lipinski definition) is 11. The van der Waals surface area contributed by atoms with Crippen LogP contribution in [0.25, 0.3) is 10.9 Å². The van der Waals surface area contributed by atoms with Gasteiger partial charge in [0.05, 0.1) is 60.6 Å². The Hall–Kier alpha value is -4.33. The predicted molar refractivity (Wildman–Crippen MR) is 176 cm³/mol. The SMILES string of the molecule is O=C(C=CCN1C[C@@H]2OCCO[C@@H]2C1)Nc1cc2c(Nc3ccc(OCc4ccccn4)c(Cl)c3)ncnc2cc1O[C@H]1CCOC1. The standard InChI is InChI=1S/C34H35ClN6O6/c35-26-14-22(6-7-29(26)46-19-23-4-1-2-9-36-23)39-34-25-15-28(30(16-27(25)37-21-38-34)47-24-8-11-43-20-24)40-33(42)5-3-10-41-17-31-32(18-41)45-13-12-44-31/h1-7,9,14-16,21,24,31-32H,8,10-13,17-20H2,(H,40,42)(H,37,38,39)/t24-,31-,32+/m0/s1. The average molecular weight is 659 g/mol. The third kappa shape index (κ3) is 7.80. The van der Waals surface area contributed by atoms with Gasteiger partial charge in [-0.15, -0.1) is 0 Å². The Morgan fingerprint density at radius 1 is 1.02 bits per heavy atom. The van der Waals surface area contributed by atoms with E-state index in [1.807, 2.05) is 42.5 Å².